The fourth-order valence-electron chi connectivity index (χ4n) is 1.12. The predicted molar refractivity (Wildman–Crippen MR) is 68.2 cm³/mol. The number of phenols is 1. The zero-order valence-corrected chi connectivity index (χ0v) is 10.9. The molecule has 1 rings (SSSR count). The molecule has 0 saturated carbocycles. The van der Waals surface area contributed by atoms with E-state index in [1.54, 1.807) is 18.3 Å². The number of hydrogen-bond donors (Lipinski definition) is 2. The maximum absolute atomic E-state index is 9.60. The molecule has 0 amide bonds. The normalized spacial score (nSPS) is 10.2. The lowest BCUT2D eigenvalue weighted by Gasteiger charge is -2.06. The summed E-state index contributed by atoms with van der Waals surface area (Å²) in [7, 11) is 1.48. The standard InChI is InChI=1S/C11H12BrN3O2/c1-17-10-6-8(5-9(12)11(10)16)7-15-14-4-2-3-13/h5-7,14,16H,2,4H2,1H3. The molecule has 0 aromatic heterocycles. The van der Waals surface area contributed by atoms with Crippen LogP contribution in [0.4, 0.5) is 0 Å². The second-order valence-corrected chi connectivity index (χ2v) is 3.98. The van der Waals surface area contributed by atoms with Crippen molar-refractivity contribution in [2.24, 2.45) is 5.10 Å². The summed E-state index contributed by atoms with van der Waals surface area (Å²) in [5.41, 5.74) is 3.51. The Balaban J connectivity index is 2.72. The van der Waals surface area contributed by atoms with Gasteiger partial charge in [-0.1, -0.05) is 0 Å². The third-order valence-corrected chi connectivity index (χ3v) is 2.53. The first-order valence-electron chi connectivity index (χ1n) is 4.88. The van der Waals surface area contributed by atoms with Crippen molar-refractivity contribution in [2.75, 3.05) is 13.7 Å². The van der Waals surface area contributed by atoms with Gasteiger partial charge in [-0.05, 0) is 33.6 Å². The van der Waals surface area contributed by atoms with Gasteiger partial charge in [0.25, 0.3) is 0 Å². The van der Waals surface area contributed by atoms with E-state index in [4.69, 9.17) is 10.00 Å². The van der Waals surface area contributed by atoms with Crippen LogP contribution in [-0.2, 0) is 0 Å². The average molecular weight is 298 g/mol. The van der Waals surface area contributed by atoms with Crippen molar-refractivity contribution >= 4 is 22.1 Å². The Morgan fingerprint density at radius 1 is 1.65 bits per heavy atom. The molecule has 0 radical (unpaired) electrons. The van der Waals surface area contributed by atoms with Crippen molar-refractivity contribution in [3.8, 4) is 17.6 Å². The van der Waals surface area contributed by atoms with Crippen LogP contribution in [0.15, 0.2) is 21.7 Å². The maximum Gasteiger partial charge on any atom is 0.172 e. The molecule has 0 spiro atoms. The second-order valence-electron chi connectivity index (χ2n) is 3.13. The summed E-state index contributed by atoms with van der Waals surface area (Å²) >= 11 is 3.22. The Hall–Kier alpha value is -1.74. The smallest absolute Gasteiger partial charge is 0.172 e. The summed E-state index contributed by atoms with van der Waals surface area (Å²) in [5.74, 6) is 0.430. The minimum absolute atomic E-state index is 0.0575. The molecule has 0 aliphatic rings. The first kappa shape index (κ1) is 13.3. The summed E-state index contributed by atoms with van der Waals surface area (Å²) in [4.78, 5) is 0. The van der Waals surface area contributed by atoms with Crippen LogP contribution in [0.2, 0.25) is 0 Å². The lowest BCUT2D eigenvalue weighted by atomic mass is 10.2. The number of hydrogen-bond acceptors (Lipinski definition) is 5. The number of benzene rings is 1. The molecule has 0 saturated heterocycles. The molecule has 0 fully saturated rings. The minimum atomic E-state index is 0.0575. The van der Waals surface area contributed by atoms with Gasteiger partial charge in [0, 0.05) is 6.54 Å². The van der Waals surface area contributed by atoms with Crippen molar-refractivity contribution in [3.63, 3.8) is 0 Å². The number of methoxy groups -OCH3 is 1. The number of rotatable bonds is 5. The van der Waals surface area contributed by atoms with Gasteiger partial charge in [0.05, 0.1) is 30.3 Å². The van der Waals surface area contributed by atoms with E-state index in [-0.39, 0.29) is 5.75 Å². The summed E-state index contributed by atoms with van der Waals surface area (Å²) in [5, 5.41) is 21.9. The largest absolute Gasteiger partial charge is 0.503 e. The van der Waals surface area contributed by atoms with Crippen LogP contribution < -0.4 is 10.2 Å². The number of nitrogens with one attached hydrogen (secondary N) is 1. The number of ether oxygens (including phenoxy) is 1. The van der Waals surface area contributed by atoms with E-state index < -0.39 is 0 Å². The van der Waals surface area contributed by atoms with E-state index >= 15 is 0 Å². The Bertz CT molecular complexity index is 455. The van der Waals surface area contributed by atoms with Crippen molar-refractivity contribution in [2.45, 2.75) is 6.42 Å². The zero-order chi connectivity index (χ0) is 12.7. The molecule has 17 heavy (non-hydrogen) atoms. The highest BCUT2D eigenvalue weighted by Gasteiger charge is 2.07. The van der Waals surface area contributed by atoms with E-state index in [2.05, 4.69) is 26.5 Å². The van der Waals surface area contributed by atoms with Crippen LogP contribution in [0.25, 0.3) is 0 Å². The zero-order valence-electron chi connectivity index (χ0n) is 9.27. The Kier molecular flexibility index (Phi) is 5.30. The Labute approximate surface area is 108 Å². The minimum Gasteiger partial charge on any atom is -0.503 e. The SMILES string of the molecule is COc1cc(C=NNCCC#N)cc(Br)c1O. The molecule has 5 nitrogen and oxygen atoms in total. The van der Waals surface area contributed by atoms with Gasteiger partial charge in [0.1, 0.15) is 0 Å². The summed E-state index contributed by atoms with van der Waals surface area (Å²) < 4.78 is 5.54. The molecule has 0 aliphatic heterocycles. The molecule has 6 heteroatoms. The van der Waals surface area contributed by atoms with Gasteiger partial charge in [-0.2, -0.15) is 10.4 Å². The first-order chi connectivity index (χ1) is 8.19. The summed E-state index contributed by atoms with van der Waals surface area (Å²) in [6, 6.07) is 5.38. The van der Waals surface area contributed by atoms with Crippen molar-refractivity contribution < 1.29 is 9.84 Å². The van der Waals surface area contributed by atoms with E-state index in [1.165, 1.54) is 7.11 Å². The first-order valence-corrected chi connectivity index (χ1v) is 5.67. The molecule has 1 aromatic rings. The van der Waals surface area contributed by atoms with Crippen molar-refractivity contribution in [1.82, 2.24) is 5.43 Å². The van der Waals surface area contributed by atoms with Crippen LogP contribution >= 0.6 is 15.9 Å². The average Bonchev–Trinajstić information content (AvgIpc) is 2.33. The summed E-state index contributed by atoms with van der Waals surface area (Å²) in [6.07, 6.45) is 1.99. The van der Waals surface area contributed by atoms with E-state index in [0.29, 0.717) is 23.2 Å². The number of phenolic OH excluding ortho intramolecular Hbond substituents is 1. The molecule has 0 atom stereocenters. The third kappa shape index (κ3) is 3.96. The van der Waals surface area contributed by atoms with E-state index in [0.717, 1.165) is 5.56 Å². The molecule has 0 aliphatic carbocycles. The molecule has 1 aromatic carbocycles. The van der Waals surface area contributed by atoms with Gasteiger partial charge in [0.2, 0.25) is 0 Å². The Morgan fingerprint density at radius 3 is 3.06 bits per heavy atom. The third-order valence-electron chi connectivity index (χ3n) is 1.92. The molecule has 2 N–H and O–H groups in total. The number of aromatic hydroxyl groups is 1. The van der Waals surface area contributed by atoms with Gasteiger partial charge in [0.15, 0.2) is 11.5 Å². The monoisotopic (exact) mass is 297 g/mol. The highest BCUT2D eigenvalue weighted by Crippen LogP contribution is 2.34. The van der Waals surface area contributed by atoms with Crippen LogP contribution in [0, 0.1) is 11.3 Å². The lowest BCUT2D eigenvalue weighted by Crippen LogP contribution is -2.06. The molecular formula is C11H12BrN3O2. The molecule has 90 valence electrons. The van der Waals surface area contributed by atoms with E-state index in [9.17, 15) is 5.11 Å². The maximum atomic E-state index is 9.60. The van der Waals surface area contributed by atoms with Crippen LogP contribution in [0.3, 0.4) is 0 Å². The topological polar surface area (TPSA) is 77.6 Å². The summed E-state index contributed by atoms with van der Waals surface area (Å²) in [6.45, 7) is 0.503. The van der Waals surface area contributed by atoms with Crippen LogP contribution in [0.5, 0.6) is 11.5 Å². The Morgan fingerprint density at radius 2 is 2.41 bits per heavy atom. The van der Waals surface area contributed by atoms with Gasteiger partial charge < -0.3 is 15.3 Å². The quantitative estimate of drug-likeness (QED) is 0.495. The fraction of sp³-hybridized carbons (Fsp3) is 0.273. The van der Waals surface area contributed by atoms with Gasteiger partial charge >= 0.3 is 0 Å². The highest BCUT2D eigenvalue weighted by molar-refractivity contribution is 9.10. The van der Waals surface area contributed by atoms with Crippen LogP contribution in [0.1, 0.15) is 12.0 Å². The fourth-order valence-corrected chi connectivity index (χ4v) is 1.58. The lowest BCUT2D eigenvalue weighted by molar-refractivity contribution is 0.372. The second kappa shape index (κ2) is 6.76. The predicted octanol–water partition coefficient (Wildman–Crippen LogP) is 2.00. The van der Waals surface area contributed by atoms with Gasteiger partial charge in [-0.3, -0.25) is 0 Å². The van der Waals surface area contributed by atoms with E-state index in [1.807, 2.05) is 6.07 Å². The number of halogens is 1. The molecule has 0 unspecified atom stereocenters. The molecule has 0 heterocycles. The molecular weight excluding hydrogens is 286 g/mol. The molecule has 0 bridgehead atoms. The van der Waals surface area contributed by atoms with Crippen molar-refractivity contribution in [1.29, 1.82) is 5.26 Å². The van der Waals surface area contributed by atoms with Gasteiger partial charge in [-0.15, -0.1) is 0 Å². The van der Waals surface area contributed by atoms with Crippen LogP contribution in [-0.4, -0.2) is 25.0 Å². The number of hydrazone groups is 1. The number of nitriles is 1. The van der Waals surface area contributed by atoms with Gasteiger partial charge in [-0.25, -0.2) is 0 Å². The number of nitrogens with zero attached hydrogens (tertiary/aromatic N) is 2. The highest BCUT2D eigenvalue weighted by atomic mass is 79.9. The van der Waals surface area contributed by atoms with Crippen molar-refractivity contribution in [3.05, 3.63) is 22.2 Å².